The maximum atomic E-state index is 13.4. The van der Waals surface area contributed by atoms with E-state index in [4.69, 9.17) is 28.3 Å². The van der Waals surface area contributed by atoms with Crippen LogP contribution >= 0.6 is 23.2 Å². The summed E-state index contributed by atoms with van der Waals surface area (Å²) in [5.74, 6) is -4.11. The van der Waals surface area contributed by atoms with Gasteiger partial charge in [-0.05, 0) is 24.5 Å². The van der Waals surface area contributed by atoms with Crippen molar-refractivity contribution >= 4 is 41.2 Å². The first-order valence-corrected chi connectivity index (χ1v) is 7.01. The fourth-order valence-corrected chi connectivity index (χ4v) is 2.31. The molecule has 1 saturated carbocycles. The number of carbonyl (C=O) groups excluding carboxylic acids is 1. The maximum absolute atomic E-state index is 13.4. The number of ketones is 1. The van der Waals surface area contributed by atoms with Gasteiger partial charge in [0.2, 0.25) is 0 Å². The van der Waals surface area contributed by atoms with E-state index in [-0.39, 0.29) is 21.7 Å². The molecule has 0 radical (unpaired) electrons. The fraction of sp³-hybridized carbons (Fsp3) is 0.357. The highest BCUT2D eigenvalue weighted by atomic mass is 35.5. The summed E-state index contributed by atoms with van der Waals surface area (Å²) in [4.78, 5) is 27.5. The van der Waals surface area contributed by atoms with Gasteiger partial charge in [-0.25, -0.2) is 4.39 Å². The van der Waals surface area contributed by atoms with Gasteiger partial charge >= 0.3 is 5.97 Å². The highest BCUT2D eigenvalue weighted by molar-refractivity contribution is 6.37. The molecule has 0 bridgehead atoms. The van der Waals surface area contributed by atoms with Gasteiger partial charge in [0.1, 0.15) is 5.82 Å². The molecule has 1 aliphatic carbocycles. The van der Waals surface area contributed by atoms with Crippen molar-refractivity contribution in [3.05, 3.63) is 33.6 Å². The zero-order valence-corrected chi connectivity index (χ0v) is 12.5. The normalized spacial score (nSPS) is 22.3. The SMILES string of the molecule is CC1CC1N=CC(C(=O)O)C(=O)c1cc(F)c(Cl)cc1Cl. The Morgan fingerprint density at radius 2 is 2.05 bits per heavy atom. The summed E-state index contributed by atoms with van der Waals surface area (Å²) in [7, 11) is 0. The summed E-state index contributed by atoms with van der Waals surface area (Å²) in [5, 5.41) is 8.82. The van der Waals surface area contributed by atoms with E-state index in [0.29, 0.717) is 5.92 Å². The maximum Gasteiger partial charge on any atom is 0.319 e. The Balaban J connectivity index is 2.28. The van der Waals surface area contributed by atoms with Gasteiger partial charge in [0, 0.05) is 11.8 Å². The van der Waals surface area contributed by atoms with Crippen LogP contribution in [0.15, 0.2) is 17.1 Å². The van der Waals surface area contributed by atoms with E-state index in [1.165, 1.54) is 0 Å². The number of rotatable bonds is 5. The predicted octanol–water partition coefficient (Wildman–Crippen LogP) is 3.50. The second kappa shape index (κ2) is 6.12. The van der Waals surface area contributed by atoms with Gasteiger partial charge in [0.25, 0.3) is 0 Å². The molecule has 3 unspecified atom stereocenters. The van der Waals surface area contributed by atoms with Crippen molar-refractivity contribution in [2.45, 2.75) is 19.4 Å². The third kappa shape index (κ3) is 3.60. The molecule has 1 aliphatic rings. The number of carbonyl (C=O) groups is 2. The molecule has 3 atom stereocenters. The quantitative estimate of drug-likeness (QED) is 0.388. The fourth-order valence-electron chi connectivity index (χ4n) is 1.83. The van der Waals surface area contributed by atoms with Crippen LogP contribution in [0, 0.1) is 17.7 Å². The predicted molar refractivity (Wildman–Crippen MR) is 77.9 cm³/mol. The molecule has 112 valence electrons. The summed E-state index contributed by atoms with van der Waals surface area (Å²) in [5.41, 5.74) is -0.221. The molecule has 0 saturated heterocycles. The lowest BCUT2D eigenvalue weighted by molar-refractivity contribution is -0.137. The van der Waals surface area contributed by atoms with Gasteiger partial charge in [0.05, 0.1) is 16.1 Å². The standard InChI is InChI=1S/C14H12Cl2FNO3/c1-6-2-12(6)18-5-8(14(20)21)13(19)7-3-11(17)10(16)4-9(7)15/h3-6,8,12H,2H2,1H3,(H,20,21). The third-order valence-corrected chi connectivity index (χ3v) is 3.92. The van der Waals surface area contributed by atoms with Crippen LogP contribution in [0.1, 0.15) is 23.7 Å². The van der Waals surface area contributed by atoms with E-state index in [2.05, 4.69) is 4.99 Å². The molecule has 21 heavy (non-hydrogen) atoms. The van der Waals surface area contributed by atoms with Gasteiger partial charge in [-0.1, -0.05) is 30.1 Å². The van der Waals surface area contributed by atoms with Crippen molar-refractivity contribution in [3.8, 4) is 0 Å². The summed E-state index contributed by atoms with van der Waals surface area (Å²) in [6, 6.07) is 1.97. The van der Waals surface area contributed by atoms with Crippen molar-refractivity contribution in [1.82, 2.24) is 0 Å². The van der Waals surface area contributed by atoms with Crippen molar-refractivity contribution < 1.29 is 19.1 Å². The average Bonchev–Trinajstić information content (AvgIpc) is 3.09. The topological polar surface area (TPSA) is 66.7 Å². The minimum absolute atomic E-state index is 0.0528. The molecule has 1 aromatic carbocycles. The Kier molecular flexibility index (Phi) is 4.64. The minimum Gasteiger partial charge on any atom is -0.480 e. The van der Waals surface area contributed by atoms with Crippen LogP contribution in [0.25, 0.3) is 0 Å². The zero-order valence-electron chi connectivity index (χ0n) is 11.0. The number of halogens is 3. The summed E-state index contributed by atoms with van der Waals surface area (Å²) >= 11 is 11.4. The number of benzene rings is 1. The number of hydrogen-bond donors (Lipinski definition) is 1. The minimum atomic E-state index is -1.49. The molecular formula is C14H12Cl2FNO3. The molecular weight excluding hydrogens is 320 g/mol. The monoisotopic (exact) mass is 331 g/mol. The van der Waals surface area contributed by atoms with Gasteiger partial charge in [0.15, 0.2) is 11.7 Å². The van der Waals surface area contributed by atoms with E-state index in [9.17, 15) is 14.0 Å². The van der Waals surface area contributed by atoms with E-state index < -0.39 is 23.5 Å². The van der Waals surface area contributed by atoms with Crippen LogP contribution in [0.4, 0.5) is 4.39 Å². The molecule has 0 aliphatic heterocycles. The third-order valence-electron chi connectivity index (χ3n) is 3.32. The molecule has 0 heterocycles. The molecule has 1 fully saturated rings. The number of Topliss-reactive ketones (excluding diaryl/α,β-unsaturated/α-hetero) is 1. The Morgan fingerprint density at radius 3 is 2.57 bits per heavy atom. The van der Waals surface area contributed by atoms with Crippen LogP contribution in [0.2, 0.25) is 10.0 Å². The number of aliphatic imine (C=N–C) groups is 1. The lowest BCUT2D eigenvalue weighted by Gasteiger charge is -2.09. The van der Waals surface area contributed by atoms with Gasteiger partial charge in [-0.2, -0.15) is 0 Å². The first kappa shape index (κ1) is 15.9. The summed E-state index contributed by atoms with van der Waals surface area (Å²) < 4.78 is 13.4. The van der Waals surface area contributed by atoms with Crippen LogP contribution < -0.4 is 0 Å². The van der Waals surface area contributed by atoms with Crippen molar-refractivity contribution in [2.24, 2.45) is 16.8 Å². The van der Waals surface area contributed by atoms with Gasteiger partial charge in [-0.3, -0.25) is 14.6 Å². The Labute approximate surface area is 130 Å². The Morgan fingerprint density at radius 1 is 1.43 bits per heavy atom. The van der Waals surface area contributed by atoms with Crippen LogP contribution in [0.5, 0.6) is 0 Å². The van der Waals surface area contributed by atoms with Crippen molar-refractivity contribution in [3.63, 3.8) is 0 Å². The van der Waals surface area contributed by atoms with Crippen LogP contribution in [-0.2, 0) is 4.79 Å². The molecule has 4 nitrogen and oxygen atoms in total. The Hall–Kier alpha value is -1.46. The summed E-state index contributed by atoms with van der Waals surface area (Å²) in [6.07, 6.45) is 1.97. The van der Waals surface area contributed by atoms with E-state index in [1.807, 2.05) is 6.92 Å². The van der Waals surface area contributed by atoms with Crippen molar-refractivity contribution in [1.29, 1.82) is 0 Å². The molecule has 0 spiro atoms. The molecule has 0 aromatic heterocycles. The summed E-state index contributed by atoms with van der Waals surface area (Å²) in [6.45, 7) is 1.98. The van der Waals surface area contributed by atoms with Crippen molar-refractivity contribution in [2.75, 3.05) is 0 Å². The smallest absolute Gasteiger partial charge is 0.319 e. The Bertz CT molecular complexity index is 633. The van der Waals surface area contributed by atoms with E-state index in [1.54, 1.807) is 0 Å². The van der Waals surface area contributed by atoms with Gasteiger partial charge < -0.3 is 5.11 Å². The lowest BCUT2D eigenvalue weighted by atomic mass is 9.98. The van der Waals surface area contributed by atoms with Crippen LogP contribution in [-0.4, -0.2) is 29.1 Å². The number of carboxylic acid groups (broad SMARTS) is 1. The second-order valence-corrected chi connectivity index (χ2v) is 5.82. The molecule has 1 N–H and O–H groups in total. The van der Waals surface area contributed by atoms with E-state index in [0.717, 1.165) is 24.8 Å². The molecule has 0 amide bonds. The average molecular weight is 332 g/mol. The number of aliphatic carboxylic acids is 1. The van der Waals surface area contributed by atoms with Crippen LogP contribution in [0.3, 0.4) is 0 Å². The molecule has 7 heteroatoms. The highest BCUT2D eigenvalue weighted by Gasteiger charge is 2.33. The molecule has 1 aromatic rings. The number of nitrogens with zero attached hydrogens (tertiary/aromatic N) is 1. The lowest BCUT2D eigenvalue weighted by Crippen LogP contribution is -2.26. The number of carboxylic acids is 1. The first-order chi connectivity index (χ1) is 9.81. The zero-order chi connectivity index (χ0) is 15.7. The largest absolute Gasteiger partial charge is 0.480 e. The highest BCUT2D eigenvalue weighted by Crippen LogP contribution is 2.33. The first-order valence-electron chi connectivity index (χ1n) is 6.26. The number of hydrogen-bond acceptors (Lipinski definition) is 3. The van der Waals surface area contributed by atoms with E-state index >= 15 is 0 Å². The second-order valence-electron chi connectivity index (χ2n) is 5.00. The molecule has 2 rings (SSSR count). The van der Waals surface area contributed by atoms with Gasteiger partial charge in [-0.15, -0.1) is 0 Å².